The van der Waals surface area contributed by atoms with E-state index >= 15 is 0 Å². The zero-order valence-corrected chi connectivity index (χ0v) is 22.0. The monoisotopic (exact) mass is 562 g/mol. The van der Waals surface area contributed by atoms with Crippen molar-refractivity contribution in [2.75, 3.05) is 11.5 Å². The number of rotatable bonds is 5. The summed E-state index contributed by atoms with van der Waals surface area (Å²) in [6.45, 7) is 4.32. The number of halogens is 4. The van der Waals surface area contributed by atoms with Crippen LogP contribution in [0.1, 0.15) is 44.8 Å². The molecule has 0 spiro atoms. The fourth-order valence-corrected chi connectivity index (χ4v) is 5.61. The molecule has 6 nitrogen and oxygen atoms in total. The third-order valence-corrected chi connectivity index (χ3v) is 8.13. The van der Waals surface area contributed by atoms with Crippen molar-refractivity contribution in [1.29, 1.82) is 0 Å². The number of β-lactam (4-membered cyclic amide) rings is 1. The van der Waals surface area contributed by atoms with Gasteiger partial charge in [-0.15, -0.1) is 0 Å². The first-order valence-electron chi connectivity index (χ1n) is 11.0. The molecule has 184 valence electrons. The predicted molar refractivity (Wildman–Crippen MR) is 140 cm³/mol. The molecule has 0 radical (unpaired) electrons. The molecule has 3 aromatic carbocycles. The van der Waals surface area contributed by atoms with E-state index in [0.717, 1.165) is 10.5 Å². The molecular formula is C26H18Cl4N2O4. The van der Waals surface area contributed by atoms with E-state index in [9.17, 15) is 14.4 Å². The van der Waals surface area contributed by atoms with Crippen LogP contribution in [0, 0.1) is 6.92 Å². The Morgan fingerprint density at radius 2 is 1.25 bits per heavy atom. The quantitative estimate of drug-likeness (QED) is 0.149. The maximum Gasteiger partial charge on any atom is 0.264 e. The number of hydrogen-bond donors (Lipinski definition) is 0. The van der Waals surface area contributed by atoms with Crippen molar-refractivity contribution in [2.45, 2.75) is 25.9 Å². The minimum Gasteiger partial charge on any atom is -0.494 e. The van der Waals surface area contributed by atoms with Gasteiger partial charge in [-0.2, -0.15) is 0 Å². The van der Waals surface area contributed by atoms with Crippen LogP contribution in [0.4, 0.5) is 5.69 Å². The van der Waals surface area contributed by atoms with Crippen molar-refractivity contribution in [3.05, 3.63) is 90.9 Å². The topological polar surface area (TPSA) is 66.9 Å². The van der Waals surface area contributed by atoms with Gasteiger partial charge in [-0.1, -0.05) is 76.2 Å². The fraction of sp³-hybridized carbons (Fsp3) is 0.192. The summed E-state index contributed by atoms with van der Waals surface area (Å²) in [4.78, 5) is 43.0. The van der Waals surface area contributed by atoms with Crippen LogP contribution in [0.5, 0.6) is 5.75 Å². The Labute approximate surface area is 227 Å². The molecule has 0 saturated carbocycles. The smallest absolute Gasteiger partial charge is 0.264 e. The Kier molecular flexibility index (Phi) is 6.41. The lowest BCUT2D eigenvalue weighted by atomic mass is 9.86. The highest BCUT2D eigenvalue weighted by Crippen LogP contribution is 2.49. The van der Waals surface area contributed by atoms with Crippen molar-refractivity contribution >= 4 is 69.8 Å². The Morgan fingerprint density at radius 3 is 1.75 bits per heavy atom. The molecule has 1 fully saturated rings. The summed E-state index contributed by atoms with van der Waals surface area (Å²) in [6.07, 6.45) is 0. The van der Waals surface area contributed by atoms with Gasteiger partial charge in [0.25, 0.3) is 17.7 Å². The Balaban J connectivity index is 1.60. The summed E-state index contributed by atoms with van der Waals surface area (Å²) in [5.41, 5.74) is 2.06. The summed E-state index contributed by atoms with van der Waals surface area (Å²) in [6, 6.07) is 12.8. The van der Waals surface area contributed by atoms with Crippen LogP contribution in [0.3, 0.4) is 0 Å². The number of benzene rings is 3. The average Bonchev–Trinajstić information content (AvgIpc) is 3.12. The van der Waals surface area contributed by atoms with Crippen molar-refractivity contribution < 1.29 is 19.1 Å². The number of fused-ring (bicyclic) bond motifs is 1. The lowest BCUT2D eigenvalue weighted by Crippen LogP contribution is -2.67. The molecule has 0 aromatic heterocycles. The molecule has 1 saturated heterocycles. The van der Waals surface area contributed by atoms with E-state index in [1.54, 1.807) is 17.0 Å². The van der Waals surface area contributed by atoms with E-state index in [4.69, 9.17) is 51.1 Å². The molecule has 0 unspecified atom stereocenters. The number of carbonyl (C=O) groups excluding carboxylic acids is 3. The number of carbonyl (C=O) groups is 3. The number of imide groups is 1. The first-order chi connectivity index (χ1) is 17.2. The van der Waals surface area contributed by atoms with Crippen molar-refractivity contribution in [1.82, 2.24) is 4.90 Å². The van der Waals surface area contributed by atoms with E-state index in [1.165, 1.54) is 0 Å². The molecule has 2 aliphatic heterocycles. The maximum atomic E-state index is 13.6. The zero-order chi connectivity index (χ0) is 25.9. The number of ether oxygens (including phenoxy) is 1. The molecule has 2 atom stereocenters. The van der Waals surface area contributed by atoms with Gasteiger partial charge in [0.15, 0.2) is 0 Å². The van der Waals surface area contributed by atoms with Crippen LogP contribution in [-0.4, -0.2) is 35.3 Å². The van der Waals surface area contributed by atoms with Gasteiger partial charge in [0, 0.05) is 5.69 Å². The van der Waals surface area contributed by atoms with E-state index < -0.39 is 29.8 Å². The Morgan fingerprint density at radius 1 is 0.722 bits per heavy atom. The lowest BCUT2D eigenvalue weighted by Gasteiger charge is -2.49. The number of anilines is 1. The molecule has 3 amide bonds. The van der Waals surface area contributed by atoms with Crippen LogP contribution in [0.15, 0.2) is 48.5 Å². The molecule has 10 heteroatoms. The van der Waals surface area contributed by atoms with E-state index in [-0.39, 0.29) is 31.2 Å². The SMILES string of the molecule is CCOc1ccc([C@@H]2[C@@H](N3C(=O)c4c(Cl)c(Cl)c(Cl)c(Cl)c4C3=O)C(=O)N2c2ccc(C)cc2)cc1. The standard InChI is InChI=1S/C26H18Cl4N2O4/c1-3-36-15-10-6-13(7-11-15)22-23(26(35)31(22)14-8-4-12(2)5-9-14)32-24(33)16-17(25(32)34)19(28)21(30)20(29)18(16)27/h4-11,22-23H,3H2,1-2H3/t22-,23-/m1/s1. The molecular weight excluding hydrogens is 546 g/mol. The van der Waals surface area contributed by atoms with Gasteiger partial charge in [-0.05, 0) is 43.7 Å². The third-order valence-electron chi connectivity index (χ3n) is 6.32. The number of nitrogens with zero attached hydrogens (tertiary/aromatic N) is 2. The summed E-state index contributed by atoms with van der Waals surface area (Å²) in [5.74, 6) is -1.26. The first-order valence-corrected chi connectivity index (χ1v) is 12.5. The second-order valence-electron chi connectivity index (χ2n) is 8.42. The van der Waals surface area contributed by atoms with Gasteiger partial charge < -0.3 is 9.64 Å². The normalized spacial score (nSPS) is 19.0. The van der Waals surface area contributed by atoms with Crippen LogP contribution in [-0.2, 0) is 4.79 Å². The van der Waals surface area contributed by atoms with Gasteiger partial charge in [-0.3, -0.25) is 19.3 Å². The Hall–Kier alpha value is -2.77. The number of hydrogen-bond acceptors (Lipinski definition) is 4. The van der Waals surface area contributed by atoms with Gasteiger partial charge in [-0.25, -0.2) is 0 Å². The largest absolute Gasteiger partial charge is 0.494 e. The van der Waals surface area contributed by atoms with Crippen LogP contribution >= 0.6 is 46.4 Å². The van der Waals surface area contributed by atoms with Gasteiger partial charge in [0.2, 0.25) is 0 Å². The molecule has 36 heavy (non-hydrogen) atoms. The first kappa shape index (κ1) is 24.9. The molecule has 2 heterocycles. The number of aryl methyl sites for hydroxylation is 1. The predicted octanol–water partition coefficient (Wildman–Crippen LogP) is 6.76. The second kappa shape index (κ2) is 9.27. The number of amides is 3. The molecule has 5 rings (SSSR count). The Bertz CT molecular complexity index is 1380. The average molecular weight is 564 g/mol. The summed E-state index contributed by atoms with van der Waals surface area (Å²) >= 11 is 24.9. The van der Waals surface area contributed by atoms with E-state index in [0.29, 0.717) is 23.6 Å². The zero-order valence-electron chi connectivity index (χ0n) is 19.0. The van der Waals surface area contributed by atoms with Gasteiger partial charge in [0.05, 0.1) is 43.9 Å². The van der Waals surface area contributed by atoms with E-state index in [2.05, 4.69) is 0 Å². The van der Waals surface area contributed by atoms with Crippen LogP contribution < -0.4 is 9.64 Å². The second-order valence-corrected chi connectivity index (χ2v) is 9.93. The fourth-order valence-electron chi connectivity index (χ4n) is 4.60. The summed E-state index contributed by atoms with van der Waals surface area (Å²) in [7, 11) is 0. The lowest BCUT2D eigenvalue weighted by molar-refractivity contribution is -0.130. The molecule has 2 aliphatic rings. The molecule has 0 N–H and O–H groups in total. The molecule has 0 bridgehead atoms. The molecule has 0 aliphatic carbocycles. The summed E-state index contributed by atoms with van der Waals surface area (Å²) in [5, 5.41) is -0.618. The minimum absolute atomic E-state index is 0.130. The van der Waals surface area contributed by atoms with Crippen molar-refractivity contribution in [3.63, 3.8) is 0 Å². The third kappa shape index (κ3) is 3.67. The highest BCUT2D eigenvalue weighted by molar-refractivity contribution is 6.55. The van der Waals surface area contributed by atoms with Gasteiger partial charge in [0.1, 0.15) is 11.8 Å². The van der Waals surface area contributed by atoms with Crippen LogP contribution in [0.25, 0.3) is 0 Å². The van der Waals surface area contributed by atoms with Crippen LogP contribution in [0.2, 0.25) is 20.1 Å². The highest BCUT2D eigenvalue weighted by atomic mass is 35.5. The minimum atomic E-state index is -1.12. The van der Waals surface area contributed by atoms with Crippen molar-refractivity contribution in [3.8, 4) is 5.75 Å². The van der Waals surface area contributed by atoms with Gasteiger partial charge >= 0.3 is 0 Å². The van der Waals surface area contributed by atoms with E-state index in [1.807, 2.05) is 50.2 Å². The molecule has 3 aromatic rings. The van der Waals surface area contributed by atoms with Crippen molar-refractivity contribution in [2.24, 2.45) is 0 Å². The maximum absolute atomic E-state index is 13.6. The summed E-state index contributed by atoms with van der Waals surface area (Å²) < 4.78 is 5.54. The highest BCUT2D eigenvalue weighted by Gasteiger charge is 2.58.